The highest BCUT2D eigenvalue weighted by Crippen LogP contribution is 2.29. The van der Waals surface area contributed by atoms with Gasteiger partial charge in [-0.15, -0.1) is 0 Å². The predicted molar refractivity (Wildman–Crippen MR) is 156 cm³/mol. The van der Waals surface area contributed by atoms with E-state index in [0.717, 1.165) is 11.8 Å². The predicted octanol–water partition coefficient (Wildman–Crippen LogP) is 7.73. The van der Waals surface area contributed by atoms with E-state index in [4.69, 9.17) is 15.9 Å². The minimum absolute atomic E-state index is 0.0971. The molecule has 4 rings (SSSR count). The maximum Gasteiger partial charge on any atom is 0.224 e. The maximum absolute atomic E-state index is 13.1. The van der Waals surface area contributed by atoms with E-state index in [-0.39, 0.29) is 16.1 Å². The van der Waals surface area contributed by atoms with Crippen molar-refractivity contribution in [3.05, 3.63) is 102 Å². The van der Waals surface area contributed by atoms with E-state index in [1.165, 1.54) is 29.7 Å². The molecule has 0 fully saturated rings. The molecule has 0 saturated heterocycles. The van der Waals surface area contributed by atoms with Gasteiger partial charge in [-0.2, -0.15) is 0 Å². The Kier molecular flexibility index (Phi) is 11.3. The summed E-state index contributed by atoms with van der Waals surface area (Å²) < 4.78 is 31.7. The average Bonchev–Trinajstić information content (AvgIpc) is 2.90. The Labute approximate surface area is 221 Å². The molecular formula is C31H38N2O3S. The fourth-order valence-electron chi connectivity index (χ4n) is 3.36. The van der Waals surface area contributed by atoms with Crippen molar-refractivity contribution >= 4 is 31.3 Å². The third kappa shape index (κ3) is 8.19. The SMILES string of the molecule is CCC.CCCOc1ccc(N)c(C(=N)S(=O)(=O)c2cccc3ccccc23)c1.Cc1ccc(C)cc1. The van der Waals surface area contributed by atoms with Crippen LogP contribution in [0.15, 0.2) is 89.8 Å². The van der Waals surface area contributed by atoms with Crippen molar-refractivity contribution in [3.63, 3.8) is 0 Å². The summed E-state index contributed by atoms with van der Waals surface area (Å²) >= 11 is 0. The molecule has 0 aliphatic heterocycles. The zero-order valence-corrected chi connectivity index (χ0v) is 23.2. The van der Waals surface area contributed by atoms with Crippen LogP contribution in [-0.2, 0) is 9.84 Å². The van der Waals surface area contributed by atoms with Crippen molar-refractivity contribution in [2.45, 2.75) is 52.4 Å². The van der Waals surface area contributed by atoms with Gasteiger partial charge in [-0.1, -0.05) is 99.0 Å². The summed E-state index contributed by atoms with van der Waals surface area (Å²) in [5.74, 6) is 0.494. The minimum atomic E-state index is -4.03. The van der Waals surface area contributed by atoms with Crippen molar-refractivity contribution in [1.29, 1.82) is 5.41 Å². The monoisotopic (exact) mass is 518 g/mol. The summed E-state index contributed by atoms with van der Waals surface area (Å²) in [4.78, 5) is 0.0971. The van der Waals surface area contributed by atoms with Crippen molar-refractivity contribution in [1.82, 2.24) is 0 Å². The Morgan fingerprint density at radius 3 is 2.00 bits per heavy atom. The quantitative estimate of drug-likeness (QED) is 0.161. The lowest BCUT2D eigenvalue weighted by Crippen LogP contribution is -2.17. The summed E-state index contributed by atoms with van der Waals surface area (Å²) in [6.07, 6.45) is 2.07. The Bertz CT molecular complexity index is 1390. The van der Waals surface area contributed by atoms with Gasteiger partial charge in [0.05, 0.1) is 11.5 Å². The van der Waals surface area contributed by atoms with Crippen LogP contribution in [0.2, 0.25) is 0 Å². The first kappa shape index (κ1) is 29.6. The molecule has 5 nitrogen and oxygen atoms in total. The Morgan fingerprint density at radius 1 is 0.838 bits per heavy atom. The number of hydrogen-bond acceptors (Lipinski definition) is 5. The lowest BCUT2D eigenvalue weighted by atomic mass is 10.1. The van der Waals surface area contributed by atoms with Gasteiger partial charge in [0.25, 0.3) is 0 Å². The third-order valence-electron chi connectivity index (χ3n) is 5.27. The first-order valence-corrected chi connectivity index (χ1v) is 14.0. The van der Waals surface area contributed by atoms with Crippen LogP contribution in [0, 0.1) is 19.3 Å². The fourth-order valence-corrected chi connectivity index (χ4v) is 4.78. The van der Waals surface area contributed by atoms with Gasteiger partial charge in [-0.3, -0.25) is 5.41 Å². The molecule has 0 bridgehead atoms. The lowest BCUT2D eigenvalue weighted by molar-refractivity contribution is 0.317. The summed E-state index contributed by atoms with van der Waals surface area (Å²) in [6, 6.07) is 25.4. The van der Waals surface area contributed by atoms with E-state index >= 15 is 0 Å². The molecule has 3 N–H and O–H groups in total. The molecule has 0 unspecified atom stereocenters. The largest absolute Gasteiger partial charge is 0.494 e. The molecule has 0 radical (unpaired) electrons. The number of fused-ring (bicyclic) bond motifs is 1. The summed E-state index contributed by atoms with van der Waals surface area (Å²) in [5.41, 5.74) is 8.97. The average molecular weight is 519 g/mol. The summed E-state index contributed by atoms with van der Waals surface area (Å²) in [7, 11) is -4.03. The molecule has 4 aromatic carbocycles. The number of hydrogen-bond donors (Lipinski definition) is 2. The highest BCUT2D eigenvalue weighted by Gasteiger charge is 2.26. The summed E-state index contributed by atoms with van der Waals surface area (Å²) in [6.45, 7) is 10.9. The first-order valence-electron chi connectivity index (χ1n) is 12.5. The number of rotatable bonds is 5. The van der Waals surface area contributed by atoms with E-state index in [9.17, 15) is 8.42 Å². The van der Waals surface area contributed by atoms with Crippen LogP contribution in [0.25, 0.3) is 10.8 Å². The van der Waals surface area contributed by atoms with E-state index in [0.29, 0.717) is 17.7 Å². The second-order valence-corrected chi connectivity index (χ2v) is 10.6. The smallest absolute Gasteiger partial charge is 0.224 e. The molecular weight excluding hydrogens is 480 g/mol. The van der Waals surface area contributed by atoms with Crippen LogP contribution in [0.4, 0.5) is 5.69 Å². The molecule has 0 aromatic heterocycles. The third-order valence-corrected chi connectivity index (χ3v) is 6.96. The van der Waals surface area contributed by atoms with Gasteiger partial charge in [0.1, 0.15) is 5.75 Å². The number of anilines is 1. The molecule has 37 heavy (non-hydrogen) atoms. The van der Waals surface area contributed by atoms with Gasteiger partial charge >= 0.3 is 0 Å². The molecule has 196 valence electrons. The van der Waals surface area contributed by atoms with Crippen molar-refractivity contribution in [3.8, 4) is 5.75 Å². The second kappa shape index (κ2) is 14.2. The topological polar surface area (TPSA) is 93.2 Å². The van der Waals surface area contributed by atoms with Gasteiger partial charge in [-0.05, 0) is 49.9 Å². The number of nitrogens with two attached hydrogens (primary N) is 1. The van der Waals surface area contributed by atoms with E-state index in [1.807, 2.05) is 25.1 Å². The maximum atomic E-state index is 13.1. The van der Waals surface area contributed by atoms with Crippen LogP contribution >= 0.6 is 0 Å². The molecule has 0 aliphatic rings. The number of sulfone groups is 1. The van der Waals surface area contributed by atoms with Crippen LogP contribution < -0.4 is 10.5 Å². The Hall–Kier alpha value is -3.64. The zero-order valence-electron chi connectivity index (χ0n) is 22.4. The number of nitrogen functional groups attached to an aromatic ring is 1. The van der Waals surface area contributed by atoms with Crippen molar-refractivity contribution in [2.24, 2.45) is 0 Å². The number of nitrogens with one attached hydrogen (secondary N) is 1. The van der Waals surface area contributed by atoms with E-state index in [2.05, 4.69) is 52.0 Å². The van der Waals surface area contributed by atoms with Gasteiger partial charge < -0.3 is 10.5 Å². The molecule has 0 saturated carbocycles. The van der Waals surface area contributed by atoms with Gasteiger partial charge in [0.15, 0.2) is 5.04 Å². The lowest BCUT2D eigenvalue weighted by Gasteiger charge is -2.13. The highest BCUT2D eigenvalue weighted by molar-refractivity contribution is 8.07. The number of benzene rings is 4. The zero-order chi connectivity index (χ0) is 27.4. The summed E-state index contributed by atoms with van der Waals surface area (Å²) in [5, 5.41) is 9.18. The molecule has 0 aliphatic carbocycles. The first-order chi connectivity index (χ1) is 17.6. The van der Waals surface area contributed by atoms with Gasteiger partial charge in [0, 0.05) is 16.6 Å². The normalized spacial score (nSPS) is 10.5. The van der Waals surface area contributed by atoms with Crippen LogP contribution in [0.5, 0.6) is 5.75 Å². The molecule has 4 aromatic rings. The van der Waals surface area contributed by atoms with Gasteiger partial charge in [-0.25, -0.2) is 8.42 Å². The highest BCUT2D eigenvalue weighted by atomic mass is 32.2. The Morgan fingerprint density at radius 2 is 1.41 bits per heavy atom. The van der Waals surface area contributed by atoms with E-state index in [1.54, 1.807) is 30.3 Å². The van der Waals surface area contributed by atoms with E-state index < -0.39 is 14.9 Å². The minimum Gasteiger partial charge on any atom is -0.494 e. The van der Waals surface area contributed by atoms with Crippen LogP contribution in [-0.4, -0.2) is 20.1 Å². The van der Waals surface area contributed by atoms with Crippen molar-refractivity contribution < 1.29 is 13.2 Å². The molecule has 0 amide bonds. The van der Waals surface area contributed by atoms with Crippen LogP contribution in [0.1, 0.15) is 50.3 Å². The standard InChI is InChI=1S/C20H20N2O3S.C8H10.C3H8/c1-2-12-25-15-10-11-18(21)17(13-15)20(22)26(23,24)19-9-5-7-14-6-3-4-8-16(14)19;1-7-3-5-8(2)6-4-7;1-3-2/h3-11,13,22H,2,12,21H2,1H3;3-6H,1-2H3;3H2,1-2H3. The Balaban J connectivity index is 0.000000365. The molecule has 6 heteroatoms. The second-order valence-electron chi connectivity index (χ2n) is 8.77. The number of ether oxygens (including phenoxy) is 1. The molecule has 0 heterocycles. The number of aryl methyl sites for hydroxylation is 2. The molecule has 0 spiro atoms. The molecule has 0 atom stereocenters. The fraction of sp³-hybridized carbons (Fsp3) is 0.258. The van der Waals surface area contributed by atoms with Crippen LogP contribution in [0.3, 0.4) is 0 Å². The van der Waals surface area contributed by atoms with Crippen molar-refractivity contribution in [2.75, 3.05) is 12.3 Å². The van der Waals surface area contributed by atoms with Gasteiger partial charge in [0.2, 0.25) is 9.84 Å².